The zero-order chi connectivity index (χ0) is 50.5. The lowest BCUT2D eigenvalue weighted by atomic mass is 10.5. The topological polar surface area (TPSA) is 194 Å². The third kappa shape index (κ3) is 16.6. The number of allylic oxidation sites excluding steroid dienone is 1. The SMILES string of the molecule is C=C(C)OCCC[Si](C)(C)O[Si]12O[Si]3(O[Si](C)(C)C)O[Si]4(O[Si](C)(C)C)O[Si]5(O[Si](C)(C)C)O[Si](O[Si](C)(C)C)(O3)O[Si](O[Si](C)(C)C)(O[Si](O[Si](C)(C)C)(O5)O[Si](O[Si](C)(C)C)(O4)O1)O2. The maximum Gasteiger partial charge on any atom is 0.651 e. The molecule has 0 aromatic rings. The Morgan fingerprint density at radius 2 is 0.485 bits per heavy atom. The molecular formula is C29H80O21Si16. The molecule has 66 heavy (non-hydrogen) atoms. The van der Waals surface area contributed by atoms with Crippen LogP contribution in [0.1, 0.15) is 13.3 Å². The number of ether oxygens (including phenoxy) is 1. The molecule has 21 nitrogen and oxygen atoms in total. The fourth-order valence-electron chi connectivity index (χ4n) is 6.60. The zero-order valence-corrected chi connectivity index (χ0v) is 59.9. The number of rotatable bonds is 21. The van der Waals surface area contributed by atoms with Gasteiger partial charge in [-0.2, -0.15) is 0 Å². The third-order valence-corrected chi connectivity index (χ3v) is 60.6. The van der Waals surface area contributed by atoms with Crippen LogP contribution in [0.15, 0.2) is 12.3 Å². The minimum absolute atomic E-state index is 0.396. The molecule has 6 heterocycles. The summed E-state index contributed by atoms with van der Waals surface area (Å²) in [7, 11) is -63.8. The average molecular weight is 1210 g/mol. The van der Waals surface area contributed by atoms with Gasteiger partial charge in [-0.1, -0.05) is 6.58 Å². The normalized spacial score (nSPS) is 37.0. The molecule has 0 unspecified atom stereocenters. The Morgan fingerprint density at radius 3 is 0.636 bits per heavy atom. The molecule has 6 rings (SSSR count). The van der Waals surface area contributed by atoms with E-state index >= 15 is 0 Å². The van der Waals surface area contributed by atoms with Gasteiger partial charge in [0.25, 0.3) is 0 Å². The zero-order valence-electron chi connectivity index (χ0n) is 43.9. The van der Waals surface area contributed by atoms with E-state index in [0.29, 0.717) is 24.8 Å². The number of hydrogen-bond acceptors (Lipinski definition) is 21. The van der Waals surface area contributed by atoms with Crippen molar-refractivity contribution in [2.75, 3.05) is 6.61 Å². The van der Waals surface area contributed by atoms with Gasteiger partial charge in [-0.05, 0) is 170 Å². The highest BCUT2D eigenvalue weighted by Gasteiger charge is 2.92. The predicted molar refractivity (Wildman–Crippen MR) is 279 cm³/mol. The monoisotopic (exact) mass is 1210 g/mol. The highest BCUT2D eigenvalue weighted by atomic mass is 28.7. The Labute approximate surface area is 412 Å². The molecule has 0 radical (unpaired) electrons. The summed E-state index contributed by atoms with van der Waals surface area (Å²) in [6.45, 7) is 51.2. The van der Waals surface area contributed by atoms with E-state index in [9.17, 15) is 0 Å². The molecule has 0 aromatic carbocycles. The molecule has 6 fully saturated rings. The molecule has 0 aliphatic carbocycles. The van der Waals surface area contributed by atoms with Crippen LogP contribution >= 0.6 is 0 Å². The van der Waals surface area contributed by atoms with Crippen LogP contribution in [0, 0.1) is 0 Å². The molecule has 6 aliphatic heterocycles. The summed E-state index contributed by atoms with van der Waals surface area (Å²) in [4.78, 5) is 0. The first-order valence-corrected chi connectivity index (χ1v) is 62.4. The smallest absolute Gasteiger partial charge is 0.499 e. The summed E-state index contributed by atoms with van der Waals surface area (Å²) >= 11 is 0. The van der Waals surface area contributed by atoms with Crippen LogP contribution in [0.4, 0.5) is 0 Å². The van der Waals surface area contributed by atoms with E-state index in [4.69, 9.17) is 87.0 Å². The lowest BCUT2D eigenvalue weighted by molar-refractivity contribution is -0.129. The summed E-state index contributed by atoms with van der Waals surface area (Å²) in [6.07, 6.45) is 0.596. The van der Waals surface area contributed by atoms with Crippen LogP contribution in [0.25, 0.3) is 0 Å². The summed E-state index contributed by atoms with van der Waals surface area (Å²) in [5.74, 6) is 0.600. The van der Waals surface area contributed by atoms with Crippen molar-refractivity contribution in [3.05, 3.63) is 12.3 Å². The maximum atomic E-state index is 7.51. The fraction of sp³-hybridized carbons (Fsp3) is 0.931. The van der Waals surface area contributed by atoms with Crippen LogP contribution in [-0.2, 0) is 87.0 Å². The molecule has 37 heteroatoms. The fourth-order valence-corrected chi connectivity index (χ4v) is 72.4. The first kappa shape index (κ1) is 59.1. The van der Waals surface area contributed by atoms with E-state index in [2.05, 4.69) is 6.58 Å². The molecule has 6 aliphatic rings. The highest BCUT2D eigenvalue weighted by Crippen LogP contribution is 2.53. The van der Waals surface area contributed by atoms with Crippen molar-refractivity contribution < 1.29 is 87.0 Å². The minimum Gasteiger partial charge on any atom is -0.499 e. The summed E-state index contributed by atoms with van der Waals surface area (Å²) in [5.41, 5.74) is 0. The molecule has 386 valence electrons. The second-order valence-corrected chi connectivity index (χ2v) is 82.2. The highest BCUT2D eigenvalue weighted by molar-refractivity contribution is 7.04. The molecule has 0 amide bonds. The number of hydrogen-bond donors (Lipinski definition) is 0. The van der Waals surface area contributed by atoms with Gasteiger partial charge in [0, 0.05) is 0 Å². The van der Waals surface area contributed by atoms with Gasteiger partial charge in [0.05, 0.1) is 12.4 Å². The van der Waals surface area contributed by atoms with Gasteiger partial charge in [-0.3, -0.25) is 0 Å². The Kier molecular flexibility index (Phi) is 16.8. The average Bonchev–Trinajstić information content (AvgIpc) is 2.87. The van der Waals surface area contributed by atoms with Gasteiger partial charge in [0.2, 0.25) is 0 Å². The van der Waals surface area contributed by atoms with E-state index in [1.165, 1.54) is 0 Å². The summed E-state index contributed by atoms with van der Waals surface area (Å²) < 4.78 is 153. The van der Waals surface area contributed by atoms with Gasteiger partial charge in [-0.25, -0.2) is 0 Å². The van der Waals surface area contributed by atoms with Crippen LogP contribution in [0.3, 0.4) is 0 Å². The van der Waals surface area contributed by atoms with Crippen LogP contribution < -0.4 is 0 Å². The van der Waals surface area contributed by atoms with Crippen molar-refractivity contribution in [3.8, 4) is 0 Å². The van der Waals surface area contributed by atoms with Crippen LogP contribution in [0.5, 0.6) is 0 Å². The van der Waals surface area contributed by atoms with Crippen LogP contribution in [-0.4, -0.2) is 146 Å². The second kappa shape index (κ2) is 18.8. The van der Waals surface area contributed by atoms with Gasteiger partial charge >= 0.3 is 72.4 Å². The second-order valence-electron chi connectivity index (χ2n) is 24.2. The summed E-state index contributed by atoms with van der Waals surface area (Å²) in [5, 5.41) is 0. The van der Waals surface area contributed by atoms with Crippen molar-refractivity contribution in [2.24, 2.45) is 0 Å². The first-order valence-electron chi connectivity index (χ1n) is 22.4. The minimum atomic E-state index is -5.13. The lowest BCUT2D eigenvalue weighted by Crippen LogP contribution is -2.93. The van der Waals surface area contributed by atoms with Gasteiger partial charge < -0.3 is 87.0 Å². The molecule has 0 atom stereocenters. The predicted octanol–water partition coefficient (Wildman–Crippen LogP) is 7.86. The quantitative estimate of drug-likeness (QED) is 0.0612. The Bertz CT molecular complexity index is 1590. The van der Waals surface area contributed by atoms with Crippen molar-refractivity contribution >= 4 is 139 Å². The summed E-state index contributed by atoms with van der Waals surface area (Å²) in [6, 6.07) is 0.538. The Morgan fingerprint density at radius 1 is 0.318 bits per heavy atom. The molecular weight excluding hydrogens is 1130 g/mol. The molecule has 6 saturated heterocycles. The van der Waals surface area contributed by atoms with Crippen molar-refractivity contribution in [1.82, 2.24) is 0 Å². The molecule has 0 spiro atoms. The van der Waals surface area contributed by atoms with Crippen molar-refractivity contribution in [1.29, 1.82) is 0 Å². The van der Waals surface area contributed by atoms with Gasteiger partial charge in [0.15, 0.2) is 66.5 Å². The van der Waals surface area contributed by atoms with Gasteiger partial charge in [0.1, 0.15) is 0 Å². The molecule has 0 saturated carbocycles. The van der Waals surface area contributed by atoms with Crippen molar-refractivity contribution in [3.63, 3.8) is 0 Å². The molecule has 8 bridgehead atoms. The Balaban J connectivity index is 2.04. The Hall–Kier alpha value is 2.21. The molecule has 0 aromatic heterocycles. The largest absolute Gasteiger partial charge is 0.651 e. The van der Waals surface area contributed by atoms with E-state index in [1.54, 1.807) is 6.92 Å². The maximum absolute atomic E-state index is 7.51. The molecule has 0 N–H and O–H groups in total. The van der Waals surface area contributed by atoms with Crippen LogP contribution in [0.2, 0.25) is 157 Å². The third-order valence-electron chi connectivity index (χ3n) is 7.69. The van der Waals surface area contributed by atoms with E-state index < -0.39 is 139 Å². The van der Waals surface area contributed by atoms with E-state index in [0.717, 1.165) is 0 Å². The first-order chi connectivity index (χ1) is 29.1. The van der Waals surface area contributed by atoms with Gasteiger partial charge in [-0.15, -0.1) is 0 Å². The van der Waals surface area contributed by atoms with E-state index in [1.807, 2.05) is 151 Å². The van der Waals surface area contributed by atoms with E-state index in [-0.39, 0.29) is 0 Å². The standard InChI is InChI=1S/C29H80O21Si16/c1-29(2)30-27-26-28-58(24,25)38-66-48-63(35-55(15,16)17)42-60(32-52(6,7)8)39-59(31-51(3,4)5)40-61(44-63,33-53(9,10)11)46-65(50-66,37-57(21,22)23)47-62(41-59,34-54(12,13)14)45-64(43-60,49-66)36-56(18,19)20/h1,26-28H2,2-25H3. The lowest BCUT2D eigenvalue weighted by Gasteiger charge is -2.60. The van der Waals surface area contributed by atoms with Crippen molar-refractivity contribution in [2.45, 2.75) is 170 Å².